The van der Waals surface area contributed by atoms with E-state index < -0.39 is 11.8 Å². The Kier molecular flexibility index (Phi) is 3.43. The second-order valence-electron chi connectivity index (χ2n) is 3.34. The van der Waals surface area contributed by atoms with Crippen molar-refractivity contribution < 1.29 is 9.18 Å². The molecule has 0 unspecified atom stereocenters. The maximum atomic E-state index is 13.3. The average molecular weight is 257 g/mol. The summed E-state index contributed by atoms with van der Waals surface area (Å²) >= 11 is 5.76. The van der Waals surface area contributed by atoms with Crippen LogP contribution in [0.3, 0.4) is 0 Å². The van der Waals surface area contributed by atoms with Crippen LogP contribution in [0.15, 0.2) is 23.2 Å². The van der Waals surface area contributed by atoms with Gasteiger partial charge in [0.05, 0.1) is 10.7 Å². The van der Waals surface area contributed by atoms with E-state index in [1.54, 1.807) is 0 Å². The second-order valence-corrected chi connectivity index (χ2v) is 3.75. The Morgan fingerprint density at radius 3 is 2.76 bits per heavy atom. The highest BCUT2D eigenvalue weighted by Crippen LogP contribution is 2.24. The van der Waals surface area contributed by atoms with Crippen molar-refractivity contribution in [3.05, 3.63) is 29.0 Å². The molecule has 1 heterocycles. The molecule has 2 amide bonds. The molecule has 1 saturated heterocycles. The number of guanidine groups is 1. The van der Waals surface area contributed by atoms with Gasteiger partial charge >= 0.3 is 6.03 Å². The minimum absolute atomic E-state index is 0.0680. The second kappa shape index (κ2) is 5.01. The van der Waals surface area contributed by atoms with E-state index in [9.17, 15) is 9.18 Å². The first-order chi connectivity index (χ1) is 8.16. The van der Waals surface area contributed by atoms with E-state index in [0.717, 1.165) is 0 Å². The van der Waals surface area contributed by atoms with Gasteiger partial charge in [-0.1, -0.05) is 17.7 Å². The molecule has 0 radical (unpaired) electrons. The molecule has 1 aliphatic heterocycles. The minimum atomic E-state index is -0.686. The van der Waals surface area contributed by atoms with Crippen molar-refractivity contribution in [2.24, 2.45) is 4.99 Å². The molecule has 1 fully saturated rings. The zero-order valence-corrected chi connectivity index (χ0v) is 9.51. The lowest BCUT2D eigenvalue weighted by Crippen LogP contribution is -2.26. The Hall–Kier alpha value is -1.82. The van der Waals surface area contributed by atoms with E-state index >= 15 is 0 Å². The number of aliphatic imine (C=N–C) groups is 1. The third kappa shape index (κ3) is 2.85. The van der Waals surface area contributed by atoms with Crippen LogP contribution in [0.2, 0.25) is 5.02 Å². The summed E-state index contributed by atoms with van der Waals surface area (Å²) in [5.41, 5.74) is -0.0680. The quantitative estimate of drug-likeness (QED) is 0.714. The highest BCUT2D eigenvalue weighted by Gasteiger charge is 2.12. The number of benzene rings is 1. The van der Waals surface area contributed by atoms with Gasteiger partial charge in [0.1, 0.15) is 5.82 Å². The smallest absolute Gasteiger partial charge is 0.348 e. The Morgan fingerprint density at radius 2 is 2.12 bits per heavy atom. The monoisotopic (exact) mass is 256 g/mol. The first-order valence-electron chi connectivity index (χ1n) is 4.98. The highest BCUT2D eigenvalue weighted by molar-refractivity contribution is 6.33. The summed E-state index contributed by atoms with van der Waals surface area (Å²) in [5.74, 6) is -0.228. The summed E-state index contributed by atoms with van der Waals surface area (Å²) in [5, 5.41) is 8.13. The van der Waals surface area contributed by atoms with Gasteiger partial charge in [-0.25, -0.2) is 9.18 Å². The number of carbonyl (C=O) groups is 1. The van der Waals surface area contributed by atoms with Gasteiger partial charge in [0.2, 0.25) is 5.96 Å². The molecule has 0 aliphatic carbocycles. The van der Waals surface area contributed by atoms with Crippen LogP contribution in [0, 0.1) is 5.82 Å². The minimum Gasteiger partial charge on any atom is -0.354 e. The van der Waals surface area contributed by atoms with Crippen LogP contribution < -0.4 is 16.0 Å². The lowest BCUT2D eigenvalue weighted by Gasteiger charge is -2.05. The Balaban J connectivity index is 2.10. The molecule has 0 atom stereocenters. The maximum absolute atomic E-state index is 13.3. The molecule has 17 heavy (non-hydrogen) atoms. The van der Waals surface area contributed by atoms with E-state index in [1.807, 2.05) is 0 Å². The van der Waals surface area contributed by atoms with Crippen LogP contribution in [0.25, 0.3) is 0 Å². The van der Waals surface area contributed by atoms with E-state index in [-0.39, 0.29) is 10.7 Å². The molecular formula is C10H10ClFN4O. The average Bonchev–Trinajstić information content (AvgIpc) is 2.76. The van der Waals surface area contributed by atoms with E-state index in [1.165, 1.54) is 18.2 Å². The molecule has 0 aromatic heterocycles. The summed E-state index contributed by atoms with van der Waals surface area (Å²) in [4.78, 5) is 15.1. The zero-order chi connectivity index (χ0) is 12.3. The summed E-state index contributed by atoms with van der Waals surface area (Å²) in [7, 11) is 0. The third-order valence-electron chi connectivity index (χ3n) is 2.12. The molecule has 90 valence electrons. The standard InChI is InChI=1S/C10H10ClFN4O/c11-6-2-1-3-7(12)8(6)15-10(17)16-9-13-4-5-14-9/h1-3H,4-5H2,(H3,13,14,15,16,17). The maximum Gasteiger partial charge on any atom is 0.348 e. The van der Waals surface area contributed by atoms with Crippen molar-refractivity contribution in [2.45, 2.75) is 0 Å². The van der Waals surface area contributed by atoms with Crippen LogP contribution in [0.1, 0.15) is 0 Å². The number of anilines is 1. The van der Waals surface area contributed by atoms with Gasteiger partial charge < -0.3 is 16.0 Å². The van der Waals surface area contributed by atoms with Crippen molar-refractivity contribution in [2.75, 3.05) is 18.4 Å². The Morgan fingerprint density at radius 1 is 1.41 bits per heavy atom. The summed E-state index contributed by atoms with van der Waals surface area (Å²) < 4.78 is 13.3. The lowest BCUT2D eigenvalue weighted by molar-refractivity contribution is 0.259. The van der Waals surface area contributed by atoms with Crippen LogP contribution in [-0.2, 0) is 0 Å². The summed E-state index contributed by atoms with van der Waals surface area (Å²) in [6, 6.07) is 3.47. The highest BCUT2D eigenvalue weighted by atomic mass is 35.5. The molecule has 1 aromatic rings. The molecule has 0 bridgehead atoms. The predicted octanol–water partition coefficient (Wildman–Crippen LogP) is 1.56. The molecule has 7 heteroatoms. The molecule has 1 aliphatic rings. The van der Waals surface area contributed by atoms with Gasteiger partial charge in [0.15, 0.2) is 0 Å². The first-order valence-corrected chi connectivity index (χ1v) is 5.36. The molecule has 5 nitrogen and oxygen atoms in total. The first kappa shape index (κ1) is 11.7. The third-order valence-corrected chi connectivity index (χ3v) is 2.43. The normalized spacial score (nSPS) is 13.9. The van der Waals surface area contributed by atoms with Crippen molar-refractivity contribution in [3.63, 3.8) is 0 Å². The largest absolute Gasteiger partial charge is 0.354 e. The SMILES string of the molecule is O=C(N=C1NCCN1)Nc1c(F)cccc1Cl. The Bertz CT molecular complexity index is 449. The lowest BCUT2D eigenvalue weighted by atomic mass is 10.3. The number of rotatable bonds is 1. The van der Waals surface area contributed by atoms with Gasteiger partial charge in [-0.3, -0.25) is 0 Å². The summed E-state index contributed by atoms with van der Waals surface area (Å²) in [6.45, 7) is 1.40. The van der Waals surface area contributed by atoms with Crippen LogP contribution in [0.5, 0.6) is 0 Å². The number of urea groups is 1. The molecular weight excluding hydrogens is 247 g/mol. The molecule has 0 saturated carbocycles. The van der Waals surface area contributed by atoms with Gasteiger partial charge in [0, 0.05) is 13.1 Å². The van der Waals surface area contributed by atoms with E-state index in [4.69, 9.17) is 11.6 Å². The molecule has 0 spiro atoms. The number of amides is 2. The fraction of sp³-hybridized carbons (Fsp3) is 0.200. The number of nitrogens with zero attached hydrogens (tertiary/aromatic N) is 1. The van der Waals surface area contributed by atoms with Gasteiger partial charge in [-0.15, -0.1) is 0 Å². The predicted molar refractivity (Wildman–Crippen MR) is 63.9 cm³/mol. The molecule has 3 N–H and O–H groups in total. The van der Waals surface area contributed by atoms with Gasteiger partial charge in [-0.05, 0) is 12.1 Å². The van der Waals surface area contributed by atoms with Crippen molar-refractivity contribution in [1.29, 1.82) is 0 Å². The zero-order valence-electron chi connectivity index (χ0n) is 8.76. The number of hydrogen-bond acceptors (Lipinski definition) is 1. The number of halogens is 2. The van der Waals surface area contributed by atoms with E-state index in [0.29, 0.717) is 19.0 Å². The fourth-order valence-corrected chi connectivity index (χ4v) is 1.57. The number of carbonyl (C=O) groups excluding carboxylic acids is 1. The van der Waals surface area contributed by atoms with Crippen molar-refractivity contribution in [3.8, 4) is 0 Å². The van der Waals surface area contributed by atoms with E-state index in [2.05, 4.69) is 20.9 Å². The summed E-state index contributed by atoms with van der Waals surface area (Å²) in [6.07, 6.45) is 0. The Labute approximate surface area is 102 Å². The van der Waals surface area contributed by atoms with Crippen LogP contribution in [0.4, 0.5) is 14.9 Å². The number of nitrogens with one attached hydrogen (secondary N) is 3. The number of hydrogen-bond donors (Lipinski definition) is 3. The van der Waals surface area contributed by atoms with Gasteiger partial charge in [0.25, 0.3) is 0 Å². The fourth-order valence-electron chi connectivity index (χ4n) is 1.36. The van der Waals surface area contributed by atoms with Crippen molar-refractivity contribution >= 4 is 29.3 Å². The molecule has 1 aromatic carbocycles. The molecule has 2 rings (SSSR count). The topological polar surface area (TPSA) is 65.5 Å². The van der Waals surface area contributed by atoms with Crippen LogP contribution in [-0.4, -0.2) is 25.1 Å². The van der Waals surface area contributed by atoms with Crippen LogP contribution >= 0.6 is 11.6 Å². The van der Waals surface area contributed by atoms with Crippen molar-refractivity contribution in [1.82, 2.24) is 10.6 Å². The number of para-hydroxylation sites is 1. The van der Waals surface area contributed by atoms with Gasteiger partial charge in [-0.2, -0.15) is 4.99 Å².